The SMILES string of the molecule is COC1(c2cc(C=O)ccn2)CCOC1. The van der Waals surface area contributed by atoms with Crippen molar-refractivity contribution in [2.24, 2.45) is 0 Å². The van der Waals surface area contributed by atoms with Gasteiger partial charge < -0.3 is 9.47 Å². The molecular weight excluding hydrogens is 194 g/mol. The van der Waals surface area contributed by atoms with E-state index in [9.17, 15) is 4.79 Å². The molecule has 0 bridgehead atoms. The molecule has 1 aliphatic rings. The lowest BCUT2D eigenvalue weighted by Crippen LogP contribution is -2.30. The van der Waals surface area contributed by atoms with E-state index in [-0.39, 0.29) is 0 Å². The number of hydrogen-bond donors (Lipinski definition) is 0. The molecule has 2 rings (SSSR count). The van der Waals surface area contributed by atoms with Gasteiger partial charge in [0.25, 0.3) is 0 Å². The predicted molar refractivity (Wildman–Crippen MR) is 53.7 cm³/mol. The largest absolute Gasteiger partial charge is 0.378 e. The number of ether oxygens (including phenoxy) is 2. The summed E-state index contributed by atoms with van der Waals surface area (Å²) >= 11 is 0. The number of methoxy groups -OCH3 is 1. The third-order valence-electron chi connectivity index (χ3n) is 2.76. The van der Waals surface area contributed by atoms with Gasteiger partial charge in [-0.15, -0.1) is 0 Å². The summed E-state index contributed by atoms with van der Waals surface area (Å²) in [5.74, 6) is 0. The molecule has 4 heteroatoms. The molecule has 15 heavy (non-hydrogen) atoms. The van der Waals surface area contributed by atoms with Crippen LogP contribution in [0.4, 0.5) is 0 Å². The van der Waals surface area contributed by atoms with E-state index in [0.717, 1.165) is 18.4 Å². The van der Waals surface area contributed by atoms with Gasteiger partial charge in [-0.25, -0.2) is 0 Å². The van der Waals surface area contributed by atoms with Gasteiger partial charge in [0.15, 0.2) is 0 Å². The minimum absolute atomic E-state index is 0.473. The number of aldehydes is 1. The van der Waals surface area contributed by atoms with Crippen molar-refractivity contribution in [2.75, 3.05) is 20.3 Å². The van der Waals surface area contributed by atoms with Gasteiger partial charge in [0.05, 0.1) is 12.3 Å². The molecule has 1 fully saturated rings. The maximum absolute atomic E-state index is 10.7. The van der Waals surface area contributed by atoms with E-state index in [1.54, 1.807) is 25.4 Å². The Morgan fingerprint density at radius 3 is 3.13 bits per heavy atom. The molecule has 0 saturated carbocycles. The highest BCUT2D eigenvalue weighted by molar-refractivity contribution is 5.74. The van der Waals surface area contributed by atoms with E-state index in [0.29, 0.717) is 18.8 Å². The van der Waals surface area contributed by atoms with E-state index in [2.05, 4.69) is 4.98 Å². The van der Waals surface area contributed by atoms with Crippen molar-refractivity contribution in [3.8, 4) is 0 Å². The van der Waals surface area contributed by atoms with E-state index in [1.165, 1.54) is 0 Å². The van der Waals surface area contributed by atoms with Crippen LogP contribution in [0.1, 0.15) is 22.5 Å². The summed E-state index contributed by atoms with van der Waals surface area (Å²) in [4.78, 5) is 14.9. The van der Waals surface area contributed by atoms with Crippen LogP contribution in [0.5, 0.6) is 0 Å². The summed E-state index contributed by atoms with van der Waals surface area (Å²) in [6.07, 6.45) is 3.21. The molecule has 0 aliphatic carbocycles. The average Bonchev–Trinajstić information content (AvgIpc) is 2.79. The van der Waals surface area contributed by atoms with Crippen LogP contribution >= 0.6 is 0 Å². The second kappa shape index (κ2) is 4.08. The van der Waals surface area contributed by atoms with Gasteiger partial charge in [0, 0.05) is 31.9 Å². The van der Waals surface area contributed by atoms with Crippen LogP contribution in [0, 0.1) is 0 Å². The summed E-state index contributed by atoms with van der Waals surface area (Å²) in [5.41, 5.74) is 0.911. The van der Waals surface area contributed by atoms with Crippen LogP contribution in [0.2, 0.25) is 0 Å². The third kappa shape index (κ3) is 1.78. The Labute approximate surface area is 88.2 Å². The number of nitrogens with zero attached hydrogens (tertiary/aromatic N) is 1. The normalized spacial score (nSPS) is 25.4. The van der Waals surface area contributed by atoms with E-state index < -0.39 is 5.60 Å². The molecule has 1 atom stereocenters. The Morgan fingerprint density at radius 2 is 2.53 bits per heavy atom. The minimum Gasteiger partial charge on any atom is -0.378 e. The Balaban J connectivity index is 2.37. The Hall–Kier alpha value is -1.26. The molecule has 1 aliphatic heterocycles. The van der Waals surface area contributed by atoms with E-state index in [4.69, 9.17) is 9.47 Å². The lowest BCUT2D eigenvalue weighted by molar-refractivity contribution is -0.0246. The number of pyridine rings is 1. The minimum atomic E-state index is -0.473. The first kappa shape index (κ1) is 10.3. The first-order valence-electron chi connectivity index (χ1n) is 4.85. The second-order valence-corrected chi connectivity index (χ2v) is 3.59. The fourth-order valence-electron chi connectivity index (χ4n) is 1.78. The van der Waals surface area contributed by atoms with Gasteiger partial charge in [-0.05, 0) is 12.1 Å². The monoisotopic (exact) mass is 207 g/mol. The van der Waals surface area contributed by atoms with Gasteiger partial charge in [0.1, 0.15) is 11.9 Å². The number of rotatable bonds is 3. The first-order chi connectivity index (χ1) is 7.30. The maximum atomic E-state index is 10.7. The Bertz CT molecular complexity index is 359. The summed E-state index contributed by atoms with van der Waals surface area (Å²) in [6.45, 7) is 1.17. The van der Waals surface area contributed by atoms with Crippen LogP contribution in [-0.4, -0.2) is 31.6 Å². The number of aromatic nitrogens is 1. The fourth-order valence-corrected chi connectivity index (χ4v) is 1.78. The molecule has 4 nitrogen and oxygen atoms in total. The maximum Gasteiger partial charge on any atom is 0.150 e. The number of carbonyl (C=O) groups is 1. The highest BCUT2D eigenvalue weighted by Gasteiger charge is 2.38. The zero-order valence-corrected chi connectivity index (χ0v) is 8.60. The quantitative estimate of drug-likeness (QED) is 0.698. The second-order valence-electron chi connectivity index (χ2n) is 3.59. The van der Waals surface area contributed by atoms with Crippen molar-refractivity contribution in [3.05, 3.63) is 29.6 Å². The zero-order chi connectivity index (χ0) is 10.7. The molecular formula is C11H13NO3. The van der Waals surface area contributed by atoms with Crippen LogP contribution in [0.25, 0.3) is 0 Å². The average molecular weight is 207 g/mol. The smallest absolute Gasteiger partial charge is 0.150 e. The van der Waals surface area contributed by atoms with Gasteiger partial charge in [-0.2, -0.15) is 0 Å². The van der Waals surface area contributed by atoms with Crippen LogP contribution in [0.15, 0.2) is 18.3 Å². The summed E-state index contributed by atoms with van der Waals surface area (Å²) in [6, 6.07) is 3.43. The molecule has 1 aromatic rings. The summed E-state index contributed by atoms with van der Waals surface area (Å²) in [5, 5.41) is 0. The molecule has 1 aromatic heterocycles. The third-order valence-corrected chi connectivity index (χ3v) is 2.76. The predicted octanol–water partition coefficient (Wildman–Crippen LogP) is 1.16. The molecule has 0 spiro atoms. The lowest BCUT2D eigenvalue weighted by atomic mass is 9.97. The molecule has 0 amide bonds. The molecule has 2 heterocycles. The molecule has 0 N–H and O–H groups in total. The van der Waals surface area contributed by atoms with Crippen molar-refractivity contribution in [1.29, 1.82) is 0 Å². The van der Waals surface area contributed by atoms with Crippen molar-refractivity contribution in [2.45, 2.75) is 12.0 Å². The van der Waals surface area contributed by atoms with Gasteiger partial charge in [-0.1, -0.05) is 0 Å². The highest BCUT2D eigenvalue weighted by atomic mass is 16.5. The van der Waals surface area contributed by atoms with Crippen LogP contribution in [0.3, 0.4) is 0 Å². The highest BCUT2D eigenvalue weighted by Crippen LogP contribution is 2.32. The van der Waals surface area contributed by atoms with E-state index in [1.807, 2.05) is 0 Å². The standard InChI is InChI=1S/C11H13NO3/c1-14-11(3-5-15-8-11)10-6-9(7-13)2-4-12-10/h2,4,6-7H,3,5,8H2,1H3. The van der Waals surface area contributed by atoms with Crippen molar-refractivity contribution in [3.63, 3.8) is 0 Å². The molecule has 0 radical (unpaired) electrons. The first-order valence-corrected chi connectivity index (χ1v) is 4.85. The Kier molecular flexibility index (Phi) is 2.79. The zero-order valence-electron chi connectivity index (χ0n) is 8.60. The Morgan fingerprint density at radius 1 is 1.67 bits per heavy atom. The number of hydrogen-bond acceptors (Lipinski definition) is 4. The van der Waals surface area contributed by atoms with Gasteiger partial charge >= 0.3 is 0 Å². The van der Waals surface area contributed by atoms with Gasteiger partial charge in [0.2, 0.25) is 0 Å². The molecule has 0 aromatic carbocycles. The van der Waals surface area contributed by atoms with Crippen LogP contribution < -0.4 is 0 Å². The topological polar surface area (TPSA) is 48.4 Å². The number of carbonyl (C=O) groups excluding carboxylic acids is 1. The summed E-state index contributed by atoms with van der Waals surface area (Å²) in [7, 11) is 1.64. The van der Waals surface area contributed by atoms with Crippen molar-refractivity contribution in [1.82, 2.24) is 4.98 Å². The van der Waals surface area contributed by atoms with E-state index >= 15 is 0 Å². The summed E-state index contributed by atoms with van der Waals surface area (Å²) < 4.78 is 10.8. The van der Waals surface area contributed by atoms with Crippen LogP contribution in [-0.2, 0) is 15.1 Å². The molecule has 1 unspecified atom stereocenters. The van der Waals surface area contributed by atoms with Gasteiger partial charge in [-0.3, -0.25) is 9.78 Å². The van der Waals surface area contributed by atoms with Crippen molar-refractivity contribution < 1.29 is 14.3 Å². The fraction of sp³-hybridized carbons (Fsp3) is 0.455. The lowest BCUT2D eigenvalue weighted by Gasteiger charge is -2.24. The molecule has 1 saturated heterocycles. The molecule has 80 valence electrons. The van der Waals surface area contributed by atoms with Crippen molar-refractivity contribution >= 4 is 6.29 Å².